The van der Waals surface area contributed by atoms with E-state index in [2.05, 4.69) is 43.1 Å². The van der Waals surface area contributed by atoms with Gasteiger partial charge in [-0.2, -0.15) is 5.10 Å². The maximum atomic E-state index is 11.8. The van der Waals surface area contributed by atoms with E-state index in [9.17, 15) is 4.79 Å². The molecule has 0 fully saturated rings. The molecule has 0 aliphatic rings. The first-order chi connectivity index (χ1) is 9.45. The molecule has 0 amide bonds. The normalized spacial score (nSPS) is 11.3. The molecule has 108 valence electrons. The van der Waals surface area contributed by atoms with Crippen molar-refractivity contribution in [1.82, 2.24) is 14.8 Å². The fraction of sp³-hybridized carbons (Fsp3) is 0.500. The average molecular weight is 292 g/mol. The quantitative estimate of drug-likeness (QED) is 0.920. The SMILES string of the molecule is CC(C)Cn1nc(-c2csc(NC(C)C)n2)ccc1=O. The van der Waals surface area contributed by atoms with Crippen LogP contribution in [0.4, 0.5) is 5.13 Å². The minimum absolute atomic E-state index is 0.0711. The minimum Gasteiger partial charge on any atom is -0.359 e. The number of aromatic nitrogens is 3. The summed E-state index contributed by atoms with van der Waals surface area (Å²) in [4.78, 5) is 16.3. The second-order valence-electron chi connectivity index (χ2n) is 5.47. The third-order valence-corrected chi connectivity index (χ3v) is 3.36. The van der Waals surface area contributed by atoms with Gasteiger partial charge in [-0.1, -0.05) is 13.8 Å². The molecule has 2 heterocycles. The molecule has 20 heavy (non-hydrogen) atoms. The molecular formula is C14H20N4OS. The third-order valence-electron chi connectivity index (χ3n) is 2.58. The Morgan fingerprint density at radius 2 is 2.00 bits per heavy atom. The summed E-state index contributed by atoms with van der Waals surface area (Å²) < 4.78 is 1.51. The maximum absolute atomic E-state index is 11.8. The Labute approximate surface area is 122 Å². The number of hydrogen-bond acceptors (Lipinski definition) is 5. The van der Waals surface area contributed by atoms with Crippen molar-refractivity contribution in [3.8, 4) is 11.4 Å². The molecule has 0 bridgehead atoms. The molecule has 0 atom stereocenters. The van der Waals surface area contributed by atoms with Gasteiger partial charge in [0.2, 0.25) is 0 Å². The van der Waals surface area contributed by atoms with E-state index in [0.29, 0.717) is 18.5 Å². The second-order valence-corrected chi connectivity index (χ2v) is 6.33. The van der Waals surface area contributed by atoms with Crippen molar-refractivity contribution in [2.45, 2.75) is 40.3 Å². The van der Waals surface area contributed by atoms with E-state index in [0.717, 1.165) is 16.5 Å². The Balaban J connectivity index is 2.28. The lowest BCUT2D eigenvalue weighted by Gasteiger charge is -2.08. The first-order valence-electron chi connectivity index (χ1n) is 6.76. The van der Waals surface area contributed by atoms with Gasteiger partial charge in [-0.05, 0) is 25.8 Å². The van der Waals surface area contributed by atoms with Gasteiger partial charge < -0.3 is 5.32 Å². The third kappa shape index (κ3) is 3.66. The monoisotopic (exact) mass is 292 g/mol. The van der Waals surface area contributed by atoms with Crippen molar-refractivity contribution in [1.29, 1.82) is 0 Å². The molecule has 0 spiro atoms. The first-order valence-corrected chi connectivity index (χ1v) is 7.64. The van der Waals surface area contributed by atoms with Gasteiger partial charge in [-0.3, -0.25) is 4.79 Å². The van der Waals surface area contributed by atoms with E-state index in [-0.39, 0.29) is 5.56 Å². The summed E-state index contributed by atoms with van der Waals surface area (Å²) in [5.74, 6) is 0.379. The number of thiazole rings is 1. The van der Waals surface area contributed by atoms with Gasteiger partial charge in [-0.15, -0.1) is 11.3 Å². The number of rotatable bonds is 5. The van der Waals surface area contributed by atoms with Crippen LogP contribution >= 0.6 is 11.3 Å². The van der Waals surface area contributed by atoms with Crippen LogP contribution in [-0.2, 0) is 6.54 Å². The summed E-state index contributed by atoms with van der Waals surface area (Å²) in [5.41, 5.74) is 1.46. The van der Waals surface area contributed by atoms with Crippen LogP contribution in [0.3, 0.4) is 0 Å². The number of hydrogen-bond donors (Lipinski definition) is 1. The van der Waals surface area contributed by atoms with Gasteiger partial charge in [0, 0.05) is 24.0 Å². The van der Waals surface area contributed by atoms with E-state index in [4.69, 9.17) is 0 Å². The molecule has 0 aromatic carbocycles. The van der Waals surface area contributed by atoms with Crippen molar-refractivity contribution < 1.29 is 0 Å². The zero-order chi connectivity index (χ0) is 14.7. The van der Waals surface area contributed by atoms with Gasteiger partial charge in [-0.25, -0.2) is 9.67 Å². The summed E-state index contributed by atoms with van der Waals surface area (Å²) in [5, 5.41) is 10.5. The molecule has 5 nitrogen and oxygen atoms in total. The van der Waals surface area contributed by atoms with Crippen LogP contribution in [0.25, 0.3) is 11.4 Å². The van der Waals surface area contributed by atoms with Gasteiger partial charge >= 0.3 is 0 Å². The summed E-state index contributed by atoms with van der Waals surface area (Å²) in [6.45, 7) is 8.89. The van der Waals surface area contributed by atoms with Crippen LogP contribution in [0.2, 0.25) is 0 Å². The smallest absolute Gasteiger partial charge is 0.266 e. The van der Waals surface area contributed by atoms with Crippen molar-refractivity contribution >= 4 is 16.5 Å². The molecule has 2 aromatic rings. The largest absolute Gasteiger partial charge is 0.359 e. The van der Waals surface area contributed by atoms with Crippen molar-refractivity contribution in [3.63, 3.8) is 0 Å². The highest BCUT2D eigenvalue weighted by atomic mass is 32.1. The van der Waals surface area contributed by atoms with E-state index < -0.39 is 0 Å². The Bertz CT molecular complexity index is 630. The van der Waals surface area contributed by atoms with Crippen LogP contribution in [-0.4, -0.2) is 20.8 Å². The van der Waals surface area contributed by atoms with Crippen LogP contribution in [0.15, 0.2) is 22.3 Å². The molecule has 1 N–H and O–H groups in total. The molecule has 0 radical (unpaired) electrons. The Morgan fingerprint density at radius 3 is 2.65 bits per heavy atom. The highest BCUT2D eigenvalue weighted by molar-refractivity contribution is 7.14. The lowest BCUT2D eigenvalue weighted by Crippen LogP contribution is -2.24. The maximum Gasteiger partial charge on any atom is 0.266 e. The van der Waals surface area contributed by atoms with Gasteiger partial charge in [0.1, 0.15) is 11.4 Å². The lowest BCUT2D eigenvalue weighted by molar-refractivity contribution is 0.465. The first kappa shape index (κ1) is 14.7. The number of nitrogens with zero attached hydrogens (tertiary/aromatic N) is 3. The standard InChI is InChI=1S/C14H20N4OS/c1-9(2)7-18-13(19)6-5-11(17-18)12-8-20-14(16-12)15-10(3)4/h5-6,8-10H,7H2,1-4H3,(H,15,16). The summed E-state index contributed by atoms with van der Waals surface area (Å²) >= 11 is 1.55. The Kier molecular flexibility index (Phi) is 4.54. The van der Waals surface area contributed by atoms with Crippen molar-refractivity contribution in [3.05, 3.63) is 27.9 Å². The number of anilines is 1. The predicted molar refractivity (Wildman–Crippen MR) is 83.2 cm³/mol. The van der Waals surface area contributed by atoms with Gasteiger partial charge in [0.15, 0.2) is 5.13 Å². The average Bonchev–Trinajstić information content (AvgIpc) is 2.79. The topological polar surface area (TPSA) is 59.8 Å². The highest BCUT2D eigenvalue weighted by Gasteiger charge is 2.09. The van der Waals surface area contributed by atoms with Gasteiger partial charge in [0.25, 0.3) is 5.56 Å². The molecule has 0 saturated carbocycles. The van der Waals surface area contributed by atoms with Crippen LogP contribution in [0, 0.1) is 5.92 Å². The van der Waals surface area contributed by atoms with E-state index in [1.165, 1.54) is 4.68 Å². The van der Waals surface area contributed by atoms with E-state index in [1.54, 1.807) is 23.5 Å². The fourth-order valence-corrected chi connectivity index (χ4v) is 2.62. The van der Waals surface area contributed by atoms with E-state index >= 15 is 0 Å². The number of nitrogens with one attached hydrogen (secondary N) is 1. The molecular weight excluding hydrogens is 272 g/mol. The zero-order valence-corrected chi connectivity index (χ0v) is 13.1. The van der Waals surface area contributed by atoms with Gasteiger partial charge in [0.05, 0.1) is 0 Å². The lowest BCUT2D eigenvalue weighted by atomic mass is 10.2. The molecule has 2 aromatic heterocycles. The van der Waals surface area contributed by atoms with Crippen molar-refractivity contribution in [2.24, 2.45) is 5.92 Å². The van der Waals surface area contributed by atoms with E-state index in [1.807, 2.05) is 5.38 Å². The predicted octanol–water partition coefficient (Wildman–Crippen LogP) is 2.84. The summed E-state index contributed by atoms with van der Waals surface area (Å²) in [6.07, 6.45) is 0. The van der Waals surface area contributed by atoms with Crippen LogP contribution in [0.1, 0.15) is 27.7 Å². The molecule has 0 unspecified atom stereocenters. The minimum atomic E-state index is -0.0711. The van der Waals surface area contributed by atoms with Crippen molar-refractivity contribution in [2.75, 3.05) is 5.32 Å². The highest BCUT2D eigenvalue weighted by Crippen LogP contribution is 2.23. The Hall–Kier alpha value is -1.69. The molecule has 0 aliphatic carbocycles. The Morgan fingerprint density at radius 1 is 1.25 bits per heavy atom. The van der Waals surface area contributed by atoms with Crippen LogP contribution in [0.5, 0.6) is 0 Å². The van der Waals surface area contributed by atoms with Crippen LogP contribution < -0.4 is 10.9 Å². The molecule has 6 heteroatoms. The second kappa shape index (κ2) is 6.17. The summed E-state index contributed by atoms with van der Waals surface area (Å²) in [7, 11) is 0. The molecule has 0 saturated heterocycles. The molecule has 0 aliphatic heterocycles. The molecule has 2 rings (SSSR count). The fourth-order valence-electron chi connectivity index (χ4n) is 1.77. The summed E-state index contributed by atoms with van der Waals surface area (Å²) in [6, 6.07) is 3.63. The zero-order valence-electron chi connectivity index (χ0n) is 12.3.